The monoisotopic (exact) mass is 303 g/mol. The second-order valence-electron chi connectivity index (χ2n) is 4.84. The summed E-state index contributed by atoms with van der Waals surface area (Å²) in [6, 6.07) is 9.41. The molecule has 6 heteroatoms. The molecular formula is C15H17N3O2S. The molecule has 0 atom stereocenters. The van der Waals surface area contributed by atoms with Gasteiger partial charge in [-0.05, 0) is 12.1 Å². The Kier molecular flexibility index (Phi) is 4.59. The van der Waals surface area contributed by atoms with E-state index in [2.05, 4.69) is 15.2 Å². The highest BCUT2D eigenvalue weighted by molar-refractivity contribution is 7.09. The van der Waals surface area contributed by atoms with Gasteiger partial charge >= 0.3 is 0 Å². The molecule has 1 aromatic heterocycles. The number of aromatic nitrogens is 1. The smallest absolute Gasteiger partial charge is 0.275 e. The second kappa shape index (κ2) is 6.80. The summed E-state index contributed by atoms with van der Waals surface area (Å²) in [5.41, 5.74) is 1.26. The molecule has 0 spiro atoms. The number of morpholine rings is 1. The maximum atomic E-state index is 12.1. The van der Waals surface area contributed by atoms with Crippen LogP contribution >= 0.6 is 11.3 Å². The highest BCUT2D eigenvalue weighted by Gasteiger charge is 2.15. The van der Waals surface area contributed by atoms with E-state index in [1.54, 1.807) is 0 Å². The van der Waals surface area contributed by atoms with E-state index in [1.165, 1.54) is 11.3 Å². The summed E-state index contributed by atoms with van der Waals surface area (Å²) in [6.07, 6.45) is 0. The number of anilines is 1. The topological polar surface area (TPSA) is 54.5 Å². The Morgan fingerprint density at radius 2 is 2.05 bits per heavy atom. The molecule has 0 unspecified atom stereocenters. The summed E-state index contributed by atoms with van der Waals surface area (Å²) in [5.74, 6) is -0.161. The van der Waals surface area contributed by atoms with Crippen molar-refractivity contribution in [3.63, 3.8) is 0 Å². The van der Waals surface area contributed by atoms with Gasteiger partial charge in [-0.15, -0.1) is 11.3 Å². The Hall–Kier alpha value is -1.76. The van der Waals surface area contributed by atoms with Crippen LogP contribution in [0.1, 0.15) is 15.5 Å². The Morgan fingerprint density at radius 3 is 2.81 bits per heavy atom. The summed E-state index contributed by atoms with van der Waals surface area (Å²) >= 11 is 1.53. The molecule has 1 fully saturated rings. The average molecular weight is 303 g/mol. The van der Waals surface area contributed by atoms with Crippen molar-refractivity contribution in [2.45, 2.75) is 6.54 Å². The third-order valence-electron chi connectivity index (χ3n) is 3.28. The molecule has 0 bridgehead atoms. The third-order valence-corrected chi connectivity index (χ3v) is 4.11. The number of para-hydroxylation sites is 1. The number of carbonyl (C=O) groups excluding carboxylic acids is 1. The highest BCUT2D eigenvalue weighted by atomic mass is 32.1. The van der Waals surface area contributed by atoms with Crippen molar-refractivity contribution < 1.29 is 9.53 Å². The lowest BCUT2D eigenvalue weighted by Gasteiger charge is -2.25. The van der Waals surface area contributed by atoms with Crippen LogP contribution in [-0.2, 0) is 11.3 Å². The van der Waals surface area contributed by atoms with Crippen molar-refractivity contribution in [1.29, 1.82) is 0 Å². The number of nitrogens with one attached hydrogen (secondary N) is 1. The lowest BCUT2D eigenvalue weighted by Crippen LogP contribution is -2.35. The number of hydrogen-bond donors (Lipinski definition) is 1. The molecule has 1 amide bonds. The number of nitrogens with zero attached hydrogens (tertiary/aromatic N) is 2. The first-order valence-corrected chi connectivity index (χ1v) is 7.80. The average Bonchev–Trinajstić information content (AvgIpc) is 2.98. The minimum atomic E-state index is -0.161. The van der Waals surface area contributed by atoms with Crippen LogP contribution < -0.4 is 5.32 Å². The van der Waals surface area contributed by atoms with Gasteiger partial charge in [-0.1, -0.05) is 18.2 Å². The van der Waals surface area contributed by atoms with Crippen molar-refractivity contribution in [2.75, 3.05) is 31.6 Å². The standard InChI is InChI=1S/C15H17N3O2S/c19-15(16-12-4-2-1-3-5-12)13-11-21-14(17-13)10-18-6-8-20-9-7-18/h1-5,11H,6-10H2,(H,16,19). The fourth-order valence-corrected chi connectivity index (χ4v) is 2.97. The molecule has 1 aliphatic rings. The molecule has 2 aromatic rings. The number of thiazole rings is 1. The number of benzene rings is 1. The van der Waals surface area contributed by atoms with Crippen LogP contribution in [0, 0.1) is 0 Å². The van der Waals surface area contributed by atoms with Gasteiger partial charge in [-0.25, -0.2) is 4.98 Å². The fraction of sp³-hybridized carbons (Fsp3) is 0.333. The predicted octanol–water partition coefficient (Wildman–Crippen LogP) is 2.23. The molecule has 5 nitrogen and oxygen atoms in total. The van der Waals surface area contributed by atoms with Gasteiger partial charge in [0.1, 0.15) is 10.7 Å². The van der Waals surface area contributed by atoms with Gasteiger partial charge in [0.15, 0.2) is 0 Å². The Labute approximate surface area is 127 Å². The molecule has 0 aliphatic carbocycles. The first kappa shape index (κ1) is 14.2. The summed E-state index contributed by atoms with van der Waals surface area (Å²) in [7, 11) is 0. The van der Waals surface area contributed by atoms with Crippen molar-refractivity contribution in [1.82, 2.24) is 9.88 Å². The van der Waals surface area contributed by atoms with Gasteiger partial charge in [0.2, 0.25) is 0 Å². The van der Waals surface area contributed by atoms with Gasteiger partial charge < -0.3 is 10.1 Å². The van der Waals surface area contributed by atoms with Gasteiger partial charge in [0.05, 0.1) is 19.8 Å². The van der Waals surface area contributed by atoms with E-state index in [0.717, 1.165) is 43.5 Å². The van der Waals surface area contributed by atoms with Gasteiger partial charge in [-0.2, -0.15) is 0 Å². The molecule has 1 saturated heterocycles. The van der Waals surface area contributed by atoms with E-state index in [1.807, 2.05) is 35.7 Å². The van der Waals surface area contributed by atoms with E-state index < -0.39 is 0 Å². The van der Waals surface area contributed by atoms with E-state index in [4.69, 9.17) is 4.74 Å². The highest BCUT2D eigenvalue weighted by Crippen LogP contribution is 2.15. The minimum Gasteiger partial charge on any atom is -0.379 e. The molecule has 1 aliphatic heterocycles. The van der Waals surface area contributed by atoms with E-state index >= 15 is 0 Å². The van der Waals surface area contributed by atoms with Crippen LogP contribution in [0.15, 0.2) is 35.7 Å². The van der Waals surface area contributed by atoms with Crippen molar-refractivity contribution in [3.8, 4) is 0 Å². The molecule has 1 aromatic carbocycles. The fourth-order valence-electron chi connectivity index (χ4n) is 2.15. The van der Waals surface area contributed by atoms with Crippen LogP contribution in [0.3, 0.4) is 0 Å². The number of hydrogen-bond acceptors (Lipinski definition) is 5. The lowest BCUT2D eigenvalue weighted by atomic mass is 10.3. The van der Waals surface area contributed by atoms with Crippen LogP contribution in [0.2, 0.25) is 0 Å². The van der Waals surface area contributed by atoms with Crippen LogP contribution in [0.25, 0.3) is 0 Å². The molecular weight excluding hydrogens is 286 g/mol. The van der Waals surface area contributed by atoms with Gasteiger partial charge in [-0.3, -0.25) is 9.69 Å². The quantitative estimate of drug-likeness (QED) is 0.941. The minimum absolute atomic E-state index is 0.161. The molecule has 3 rings (SSSR count). The summed E-state index contributed by atoms with van der Waals surface area (Å²) < 4.78 is 5.32. The van der Waals surface area contributed by atoms with Gasteiger partial charge in [0.25, 0.3) is 5.91 Å². The first-order valence-electron chi connectivity index (χ1n) is 6.92. The zero-order chi connectivity index (χ0) is 14.5. The zero-order valence-corrected chi connectivity index (χ0v) is 12.4. The third kappa shape index (κ3) is 3.87. The van der Waals surface area contributed by atoms with Crippen LogP contribution in [-0.4, -0.2) is 42.1 Å². The molecule has 0 saturated carbocycles. The summed E-state index contributed by atoms with van der Waals surface area (Å²) in [6.45, 7) is 4.17. The summed E-state index contributed by atoms with van der Waals surface area (Å²) in [5, 5.41) is 5.63. The first-order chi connectivity index (χ1) is 10.3. The van der Waals surface area contributed by atoms with E-state index in [9.17, 15) is 4.79 Å². The summed E-state index contributed by atoms with van der Waals surface area (Å²) in [4.78, 5) is 18.8. The second-order valence-corrected chi connectivity index (χ2v) is 5.78. The Bertz CT molecular complexity index is 594. The van der Waals surface area contributed by atoms with E-state index in [0.29, 0.717) is 5.69 Å². The van der Waals surface area contributed by atoms with Crippen molar-refractivity contribution in [3.05, 3.63) is 46.4 Å². The van der Waals surface area contributed by atoms with Gasteiger partial charge in [0, 0.05) is 24.2 Å². The van der Waals surface area contributed by atoms with Crippen molar-refractivity contribution in [2.24, 2.45) is 0 Å². The lowest BCUT2D eigenvalue weighted by molar-refractivity contribution is 0.0341. The number of carbonyl (C=O) groups is 1. The molecule has 0 radical (unpaired) electrons. The zero-order valence-electron chi connectivity index (χ0n) is 11.6. The van der Waals surface area contributed by atoms with Crippen LogP contribution in [0.4, 0.5) is 5.69 Å². The maximum Gasteiger partial charge on any atom is 0.275 e. The largest absolute Gasteiger partial charge is 0.379 e. The normalized spacial score (nSPS) is 15.8. The number of ether oxygens (including phenoxy) is 1. The Balaban J connectivity index is 1.60. The SMILES string of the molecule is O=C(Nc1ccccc1)c1csc(CN2CCOCC2)n1. The molecule has 2 heterocycles. The Morgan fingerprint density at radius 1 is 1.29 bits per heavy atom. The van der Waals surface area contributed by atoms with Crippen LogP contribution in [0.5, 0.6) is 0 Å². The van der Waals surface area contributed by atoms with E-state index in [-0.39, 0.29) is 5.91 Å². The maximum absolute atomic E-state index is 12.1. The molecule has 21 heavy (non-hydrogen) atoms. The number of rotatable bonds is 4. The number of amides is 1. The molecule has 1 N–H and O–H groups in total. The predicted molar refractivity (Wildman–Crippen MR) is 82.6 cm³/mol. The molecule has 110 valence electrons. The van der Waals surface area contributed by atoms with Crippen molar-refractivity contribution >= 4 is 22.9 Å².